The number of hydrogen-bond acceptors (Lipinski definition) is 2. The first-order chi connectivity index (χ1) is 8.65. The van der Waals surface area contributed by atoms with Gasteiger partial charge in [0.2, 0.25) is 5.95 Å². The first-order valence-corrected chi connectivity index (χ1v) is 6.57. The third kappa shape index (κ3) is 2.33. The molecule has 0 aliphatic heterocycles. The molecule has 0 aliphatic rings. The molecule has 0 radical (unpaired) electrons. The minimum Gasteiger partial charge on any atom is -0.369 e. The maximum atomic E-state index is 13.6. The smallest absolute Gasteiger partial charge is 0.201 e. The predicted molar refractivity (Wildman–Crippen MR) is 73.0 cm³/mol. The number of hydrogen-bond donors (Lipinski definition) is 1. The molecular formula is C14H20FN3. The monoisotopic (exact) mass is 249 g/mol. The molecule has 2 aromatic rings. The van der Waals surface area contributed by atoms with E-state index in [1.54, 1.807) is 6.07 Å². The third-order valence-corrected chi connectivity index (χ3v) is 3.36. The number of para-hydroxylation sites is 1. The highest BCUT2D eigenvalue weighted by atomic mass is 19.1. The van der Waals surface area contributed by atoms with Crippen molar-refractivity contribution in [2.45, 2.75) is 45.6 Å². The normalized spacial score (nSPS) is 13.1. The molecule has 3 nitrogen and oxygen atoms in total. The predicted octanol–water partition coefficient (Wildman–Crippen LogP) is 3.90. The minimum atomic E-state index is -0.307. The van der Waals surface area contributed by atoms with Crippen molar-refractivity contribution in [2.24, 2.45) is 0 Å². The van der Waals surface area contributed by atoms with Gasteiger partial charge in [-0.1, -0.05) is 32.3 Å². The zero-order valence-corrected chi connectivity index (χ0v) is 11.0. The van der Waals surface area contributed by atoms with Gasteiger partial charge in [0.1, 0.15) is 5.52 Å². The van der Waals surface area contributed by atoms with Crippen molar-refractivity contribution in [1.82, 2.24) is 9.55 Å². The maximum Gasteiger partial charge on any atom is 0.201 e. The molecule has 4 heteroatoms. The van der Waals surface area contributed by atoms with E-state index in [2.05, 4.69) is 18.8 Å². The second kappa shape index (κ2) is 5.38. The van der Waals surface area contributed by atoms with Crippen LogP contribution in [-0.4, -0.2) is 9.55 Å². The molecule has 0 saturated carbocycles. The molecule has 2 rings (SSSR count). The summed E-state index contributed by atoms with van der Waals surface area (Å²) in [5.74, 6) is 0.0952. The first-order valence-electron chi connectivity index (χ1n) is 6.57. The number of rotatable bonds is 5. The number of benzene rings is 1. The fourth-order valence-electron chi connectivity index (χ4n) is 2.38. The van der Waals surface area contributed by atoms with E-state index in [-0.39, 0.29) is 11.9 Å². The number of aromatic nitrogens is 2. The van der Waals surface area contributed by atoms with Crippen molar-refractivity contribution < 1.29 is 4.39 Å². The van der Waals surface area contributed by atoms with E-state index in [0.717, 1.165) is 18.4 Å². The van der Waals surface area contributed by atoms with Crippen LogP contribution in [0.2, 0.25) is 0 Å². The van der Waals surface area contributed by atoms with E-state index in [1.165, 1.54) is 18.9 Å². The lowest BCUT2D eigenvalue weighted by molar-refractivity contribution is 0.492. The Morgan fingerprint density at radius 3 is 2.89 bits per heavy atom. The summed E-state index contributed by atoms with van der Waals surface area (Å²) in [6.07, 6.45) is 4.61. The van der Waals surface area contributed by atoms with Gasteiger partial charge < -0.3 is 10.3 Å². The minimum absolute atomic E-state index is 0.253. The fourth-order valence-corrected chi connectivity index (χ4v) is 2.38. The standard InChI is InChI=1S/C14H20FN3/c1-3-4-5-7-10(2)18-12-9-6-8-11(15)13(12)17-14(18)16/h6,8-10H,3-5,7H2,1-2H3,(H2,16,17). The van der Waals surface area contributed by atoms with Crippen LogP contribution in [0.25, 0.3) is 11.0 Å². The van der Waals surface area contributed by atoms with Crippen LogP contribution in [0.5, 0.6) is 0 Å². The maximum absolute atomic E-state index is 13.6. The van der Waals surface area contributed by atoms with Gasteiger partial charge in [-0.15, -0.1) is 0 Å². The molecule has 18 heavy (non-hydrogen) atoms. The second-order valence-corrected chi connectivity index (χ2v) is 4.79. The van der Waals surface area contributed by atoms with Crippen molar-refractivity contribution in [3.8, 4) is 0 Å². The van der Waals surface area contributed by atoms with Crippen LogP contribution in [0.4, 0.5) is 10.3 Å². The van der Waals surface area contributed by atoms with Crippen LogP contribution in [0.15, 0.2) is 18.2 Å². The lowest BCUT2D eigenvalue weighted by atomic mass is 10.1. The van der Waals surface area contributed by atoms with Crippen molar-refractivity contribution in [3.63, 3.8) is 0 Å². The Hall–Kier alpha value is -1.58. The van der Waals surface area contributed by atoms with Crippen LogP contribution in [0.3, 0.4) is 0 Å². The summed E-state index contributed by atoms with van der Waals surface area (Å²) < 4.78 is 15.6. The summed E-state index contributed by atoms with van der Waals surface area (Å²) in [6, 6.07) is 5.25. The summed E-state index contributed by atoms with van der Waals surface area (Å²) in [5, 5.41) is 0. The summed E-state index contributed by atoms with van der Waals surface area (Å²) in [6.45, 7) is 4.29. The van der Waals surface area contributed by atoms with Crippen molar-refractivity contribution in [2.75, 3.05) is 5.73 Å². The molecule has 1 atom stereocenters. The van der Waals surface area contributed by atoms with Crippen molar-refractivity contribution in [3.05, 3.63) is 24.0 Å². The molecule has 0 aliphatic carbocycles. The zero-order chi connectivity index (χ0) is 13.1. The van der Waals surface area contributed by atoms with Gasteiger partial charge in [-0.05, 0) is 25.5 Å². The second-order valence-electron chi connectivity index (χ2n) is 4.79. The van der Waals surface area contributed by atoms with Gasteiger partial charge in [0.25, 0.3) is 0 Å². The molecule has 0 spiro atoms. The summed E-state index contributed by atoms with van der Waals surface area (Å²) in [5.41, 5.74) is 7.07. The van der Waals surface area contributed by atoms with E-state index >= 15 is 0 Å². The number of imidazole rings is 1. The van der Waals surface area contributed by atoms with Crippen LogP contribution in [0, 0.1) is 5.82 Å². The van der Waals surface area contributed by atoms with E-state index in [1.807, 2.05) is 10.6 Å². The van der Waals surface area contributed by atoms with E-state index in [0.29, 0.717) is 11.5 Å². The molecule has 1 aromatic heterocycles. The van der Waals surface area contributed by atoms with Gasteiger partial charge in [0.05, 0.1) is 5.52 Å². The van der Waals surface area contributed by atoms with Crippen molar-refractivity contribution >= 4 is 17.0 Å². The number of nitrogen functional groups attached to an aromatic ring is 1. The molecule has 0 saturated heterocycles. The Balaban J connectivity index is 2.32. The lowest BCUT2D eigenvalue weighted by Crippen LogP contribution is -2.08. The highest BCUT2D eigenvalue weighted by Gasteiger charge is 2.15. The van der Waals surface area contributed by atoms with Gasteiger partial charge in [0.15, 0.2) is 5.82 Å². The highest BCUT2D eigenvalue weighted by Crippen LogP contribution is 2.27. The Bertz CT molecular complexity index is 533. The van der Waals surface area contributed by atoms with Gasteiger partial charge in [0, 0.05) is 6.04 Å². The number of fused-ring (bicyclic) bond motifs is 1. The van der Waals surface area contributed by atoms with Gasteiger partial charge >= 0.3 is 0 Å². The quantitative estimate of drug-likeness (QED) is 0.817. The Kier molecular flexibility index (Phi) is 3.84. The van der Waals surface area contributed by atoms with E-state index in [4.69, 9.17) is 5.73 Å². The van der Waals surface area contributed by atoms with Gasteiger partial charge in [-0.25, -0.2) is 9.37 Å². The summed E-state index contributed by atoms with van der Waals surface area (Å²) >= 11 is 0. The first kappa shape index (κ1) is 12.9. The lowest BCUT2D eigenvalue weighted by Gasteiger charge is -2.15. The number of nitrogens with zero attached hydrogens (tertiary/aromatic N) is 2. The molecule has 98 valence electrons. The Morgan fingerprint density at radius 1 is 1.39 bits per heavy atom. The Labute approximate surface area is 107 Å². The van der Waals surface area contributed by atoms with Crippen LogP contribution < -0.4 is 5.73 Å². The van der Waals surface area contributed by atoms with E-state index < -0.39 is 0 Å². The van der Waals surface area contributed by atoms with Gasteiger partial charge in [-0.2, -0.15) is 0 Å². The SMILES string of the molecule is CCCCCC(C)n1c(N)nc2c(F)cccc21. The molecule has 1 unspecified atom stereocenters. The van der Waals surface area contributed by atoms with Crippen LogP contribution in [0.1, 0.15) is 45.6 Å². The average Bonchev–Trinajstić information content (AvgIpc) is 2.67. The van der Waals surface area contributed by atoms with Crippen LogP contribution in [-0.2, 0) is 0 Å². The fraction of sp³-hybridized carbons (Fsp3) is 0.500. The topological polar surface area (TPSA) is 43.8 Å². The summed E-state index contributed by atoms with van der Waals surface area (Å²) in [7, 11) is 0. The number of anilines is 1. The van der Waals surface area contributed by atoms with Crippen molar-refractivity contribution in [1.29, 1.82) is 0 Å². The molecule has 2 N–H and O–H groups in total. The molecule has 0 bridgehead atoms. The molecule has 0 fully saturated rings. The summed E-state index contributed by atoms with van der Waals surface area (Å²) in [4.78, 5) is 4.13. The molecule has 1 aromatic carbocycles. The highest BCUT2D eigenvalue weighted by molar-refractivity contribution is 5.79. The zero-order valence-electron chi connectivity index (χ0n) is 11.0. The third-order valence-electron chi connectivity index (χ3n) is 3.36. The molecular weight excluding hydrogens is 229 g/mol. The number of nitrogens with two attached hydrogens (primary N) is 1. The Morgan fingerprint density at radius 2 is 2.17 bits per heavy atom. The largest absolute Gasteiger partial charge is 0.369 e. The van der Waals surface area contributed by atoms with Gasteiger partial charge in [-0.3, -0.25) is 0 Å². The number of unbranched alkanes of at least 4 members (excludes halogenated alkanes) is 2. The molecule has 1 heterocycles. The van der Waals surface area contributed by atoms with E-state index in [9.17, 15) is 4.39 Å². The average molecular weight is 249 g/mol. The number of halogens is 1. The molecule has 0 amide bonds. The van der Waals surface area contributed by atoms with Crippen LogP contribution >= 0.6 is 0 Å².